The molecule has 0 aliphatic rings. The van der Waals surface area contributed by atoms with Gasteiger partial charge in [0.25, 0.3) is 0 Å². The first-order valence-corrected chi connectivity index (χ1v) is 5.68. The van der Waals surface area contributed by atoms with Crippen LogP contribution in [0.3, 0.4) is 0 Å². The van der Waals surface area contributed by atoms with Gasteiger partial charge in [-0.25, -0.2) is 0 Å². The van der Waals surface area contributed by atoms with Crippen molar-refractivity contribution in [1.29, 1.82) is 0 Å². The zero-order chi connectivity index (χ0) is 13.1. The Bertz CT molecular complexity index is 574. The Kier molecular flexibility index (Phi) is 3.53. The monoisotopic (exact) mass is 264 g/mol. The Labute approximate surface area is 110 Å². The van der Waals surface area contributed by atoms with E-state index in [1.54, 1.807) is 6.07 Å². The topological polar surface area (TPSA) is 73.1 Å². The van der Waals surface area contributed by atoms with Crippen molar-refractivity contribution in [3.8, 4) is 5.88 Å². The summed E-state index contributed by atoms with van der Waals surface area (Å²) in [5, 5.41) is 3.69. The van der Waals surface area contributed by atoms with Crippen LogP contribution in [0.2, 0.25) is 5.02 Å². The number of nitrogens with zero attached hydrogens (tertiary/aromatic N) is 2. The third-order valence-corrected chi connectivity index (χ3v) is 2.64. The zero-order valence-corrected chi connectivity index (χ0v) is 10.8. The SMILES string of the molecule is COc1cc(Nc2cc(C)ccc2Cl)nc(N)n1. The Morgan fingerprint density at radius 2 is 2.06 bits per heavy atom. The Balaban J connectivity index is 2.33. The van der Waals surface area contributed by atoms with Gasteiger partial charge in [0.1, 0.15) is 5.82 Å². The minimum Gasteiger partial charge on any atom is -0.481 e. The number of nitrogens with one attached hydrogen (secondary N) is 1. The molecular formula is C12H13ClN4O. The van der Waals surface area contributed by atoms with Gasteiger partial charge in [0.05, 0.1) is 17.8 Å². The van der Waals surface area contributed by atoms with Gasteiger partial charge in [0.15, 0.2) is 0 Å². The van der Waals surface area contributed by atoms with Gasteiger partial charge < -0.3 is 15.8 Å². The highest BCUT2D eigenvalue weighted by atomic mass is 35.5. The number of hydrogen-bond acceptors (Lipinski definition) is 5. The van der Waals surface area contributed by atoms with Crippen molar-refractivity contribution < 1.29 is 4.74 Å². The highest BCUT2D eigenvalue weighted by Crippen LogP contribution is 2.26. The first-order chi connectivity index (χ1) is 8.58. The van der Waals surface area contributed by atoms with Crippen LogP contribution in [0.1, 0.15) is 5.56 Å². The molecule has 94 valence electrons. The number of nitrogens with two attached hydrogens (primary N) is 1. The zero-order valence-electron chi connectivity index (χ0n) is 10.1. The first-order valence-electron chi connectivity index (χ1n) is 5.30. The molecule has 2 rings (SSSR count). The number of rotatable bonds is 3. The second-order valence-corrected chi connectivity index (χ2v) is 4.17. The molecule has 0 saturated heterocycles. The van der Waals surface area contributed by atoms with Gasteiger partial charge in [-0.1, -0.05) is 17.7 Å². The average Bonchev–Trinajstić information content (AvgIpc) is 2.33. The summed E-state index contributed by atoms with van der Waals surface area (Å²) in [5.41, 5.74) is 7.44. The molecule has 0 unspecified atom stereocenters. The molecule has 3 N–H and O–H groups in total. The molecule has 0 radical (unpaired) electrons. The lowest BCUT2D eigenvalue weighted by Crippen LogP contribution is -2.02. The van der Waals surface area contributed by atoms with E-state index in [1.165, 1.54) is 7.11 Å². The third-order valence-electron chi connectivity index (χ3n) is 2.31. The lowest BCUT2D eigenvalue weighted by atomic mass is 10.2. The molecule has 1 aromatic heterocycles. The van der Waals surface area contributed by atoms with Crippen LogP contribution < -0.4 is 15.8 Å². The fourth-order valence-corrected chi connectivity index (χ4v) is 1.65. The maximum Gasteiger partial charge on any atom is 0.225 e. The predicted octanol–water partition coefficient (Wildman–Crippen LogP) is 2.77. The molecule has 6 heteroatoms. The van der Waals surface area contributed by atoms with E-state index >= 15 is 0 Å². The molecule has 0 atom stereocenters. The van der Waals surface area contributed by atoms with Crippen molar-refractivity contribution in [2.75, 3.05) is 18.2 Å². The summed E-state index contributed by atoms with van der Waals surface area (Å²) in [5.74, 6) is 1.07. The van der Waals surface area contributed by atoms with Crippen molar-refractivity contribution in [2.24, 2.45) is 0 Å². The number of aryl methyl sites for hydroxylation is 1. The van der Waals surface area contributed by atoms with Crippen LogP contribution in [0.4, 0.5) is 17.5 Å². The first kappa shape index (κ1) is 12.4. The highest BCUT2D eigenvalue weighted by molar-refractivity contribution is 6.33. The fourth-order valence-electron chi connectivity index (χ4n) is 1.48. The molecule has 0 aliphatic carbocycles. The fraction of sp³-hybridized carbons (Fsp3) is 0.167. The number of aromatic nitrogens is 2. The number of hydrogen-bond donors (Lipinski definition) is 2. The van der Waals surface area contributed by atoms with Crippen molar-refractivity contribution in [1.82, 2.24) is 9.97 Å². The van der Waals surface area contributed by atoms with E-state index in [0.29, 0.717) is 16.7 Å². The van der Waals surface area contributed by atoms with E-state index in [0.717, 1.165) is 11.3 Å². The van der Waals surface area contributed by atoms with E-state index in [-0.39, 0.29) is 5.95 Å². The number of anilines is 3. The molecule has 0 fully saturated rings. The van der Waals surface area contributed by atoms with E-state index < -0.39 is 0 Å². The second kappa shape index (κ2) is 5.10. The molecular weight excluding hydrogens is 252 g/mol. The quantitative estimate of drug-likeness (QED) is 0.892. The van der Waals surface area contributed by atoms with Gasteiger partial charge in [0, 0.05) is 6.07 Å². The average molecular weight is 265 g/mol. The molecule has 5 nitrogen and oxygen atoms in total. The largest absolute Gasteiger partial charge is 0.481 e. The Morgan fingerprint density at radius 1 is 1.28 bits per heavy atom. The molecule has 0 bridgehead atoms. The van der Waals surface area contributed by atoms with Crippen LogP contribution in [0.5, 0.6) is 5.88 Å². The second-order valence-electron chi connectivity index (χ2n) is 3.76. The van der Waals surface area contributed by atoms with Gasteiger partial charge in [-0.15, -0.1) is 0 Å². The lowest BCUT2D eigenvalue weighted by molar-refractivity contribution is 0.398. The van der Waals surface area contributed by atoms with Crippen molar-refractivity contribution in [2.45, 2.75) is 6.92 Å². The van der Waals surface area contributed by atoms with E-state index in [2.05, 4.69) is 15.3 Å². The van der Waals surface area contributed by atoms with Gasteiger partial charge in [0.2, 0.25) is 11.8 Å². The number of ether oxygens (including phenoxy) is 1. The summed E-state index contributed by atoms with van der Waals surface area (Å²) in [6.45, 7) is 1.98. The van der Waals surface area contributed by atoms with Crippen molar-refractivity contribution >= 4 is 29.1 Å². The van der Waals surface area contributed by atoms with E-state index in [9.17, 15) is 0 Å². The Hall–Kier alpha value is -2.01. The lowest BCUT2D eigenvalue weighted by Gasteiger charge is -2.09. The number of halogens is 1. The minimum atomic E-state index is 0.139. The minimum absolute atomic E-state index is 0.139. The number of methoxy groups -OCH3 is 1. The maximum atomic E-state index is 6.09. The van der Waals surface area contributed by atoms with E-state index in [1.807, 2.05) is 25.1 Å². The number of benzene rings is 1. The van der Waals surface area contributed by atoms with Crippen LogP contribution in [-0.4, -0.2) is 17.1 Å². The molecule has 2 aromatic rings. The van der Waals surface area contributed by atoms with Gasteiger partial charge in [-0.05, 0) is 24.6 Å². The summed E-state index contributed by atoms with van der Waals surface area (Å²) in [6.07, 6.45) is 0. The molecule has 0 aliphatic heterocycles. The van der Waals surface area contributed by atoms with Crippen LogP contribution in [0.25, 0.3) is 0 Å². The molecule has 1 heterocycles. The Morgan fingerprint density at radius 3 is 2.78 bits per heavy atom. The van der Waals surface area contributed by atoms with Gasteiger partial charge in [-0.3, -0.25) is 0 Å². The standard InChI is InChI=1S/C12H13ClN4O/c1-7-3-4-8(13)9(5-7)15-10-6-11(18-2)17-12(14)16-10/h3-6H,1-2H3,(H3,14,15,16,17). The number of nitrogen functional groups attached to an aromatic ring is 1. The highest BCUT2D eigenvalue weighted by Gasteiger charge is 2.05. The van der Waals surface area contributed by atoms with Crippen molar-refractivity contribution in [3.05, 3.63) is 34.9 Å². The predicted molar refractivity (Wildman–Crippen MR) is 72.5 cm³/mol. The van der Waals surface area contributed by atoms with Gasteiger partial charge in [-0.2, -0.15) is 9.97 Å². The molecule has 18 heavy (non-hydrogen) atoms. The summed E-state index contributed by atoms with van der Waals surface area (Å²) in [6, 6.07) is 7.32. The molecule has 0 spiro atoms. The van der Waals surface area contributed by atoms with Gasteiger partial charge >= 0.3 is 0 Å². The molecule has 1 aromatic carbocycles. The molecule has 0 saturated carbocycles. The molecule has 0 amide bonds. The van der Waals surface area contributed by atoms with Crippen LogP contribution in [0.15, 0.2) is 24.3 Å². The smallest absolute Gasteiger partial charge is 0.225 e. The summed E-state index contributed by atoms with van der Waals surface area (Å²) in [4.78, 5) is 7.97. The third kappa shape index (κ3) is 2.81. The maximum absolute atomic E-state index is 6.09. The summed E-state index contributed by atoms with van der Waals surface area (Å²) < 4.78 is 5.02. The van der Waals surface area contributed by atoms with E-state index in [4.69, 9.17) is 22.1 Å². The summed E-state index contributed by atoms with van der Waals surface area (Å²) >= 11 is 6.09. The summed E-state index contributed by atoms with van der Waals surface area (Å²) in [7, 11) is 1.52. The normalized spacial score (nSPS) is 10.2. The van der Waals surface area contributed by atoms with Crippen LogP contribution >= 0.6 is 11.6 Å². The van der Waals surface area contributed by atoms with Crippen molar-refractivity contribution in [3.63, 3.8) is 0 Å². The van der Waals surface area contributed by atoms with Crippen LogP contribution in [-0.2, 0) is 0 Å². The van der Waals surface area contributed by atoms with Crippen LogP contribution in [0, 0.1) is 6.92 Å².